The first kappa shape index (κ1) is 15.8. The normalized spacial score (nSPS) is 22.5. The maximum absolute atomic E-state index is 12.7. The molecule has 1 heterocycles. The van der Waals surface area contributed by atoms with E-state index in [0.29, 0.717) is 13.0 Å². The molecule has 21 heavy (non-hydrogen) atoms. The molecule has 2 rings (SSSR count). The van der Waals surface area contributed by atoms with Crippen molar-refractivity contribution in [2.45, 2.75) is 38.1 Å². The highest BCUT2D eigenvalue weighted by molar-refractivity contribution is 7.89. The largest absolute Gasteiger partial charge is 0.243 e. The number of hydrogen-bond donors (Lipinski definition) is 0. The first-order chi connectivity index (χ1) is 9.74. The van der Waals surface area contributed by atoms with E-state index in [-0.39, 0.29) is 22.9 Å². The van der Waals surface area contributed by atoms with E-state index < -0.39 is 10.0 Å². The van der Waals surface area contributed by atoms with Gasteiger partial charge in [-0.1, -0.05) is 36.7 Å². The summed E-state index contributed by atoms with van der Waals surface area (Å²) in [5.74, 6) is 0. The number of sulfonamides is 1. The Balaban J connectivity index is 2.34. The van der Waals surface area contributed by atoms with Crippen molar-refractivity contribution in [2.75, 3.05) is 13.1 Å². The summed E-state index contributed by atoms with van der Waals surface area (Å²) in [6.45, 7) is 6.57. The molecule has 7 heteroatoms. The molecule has 0 aromatic heterocycles. The Morgan fingerprint density at radius 1 is 1.33 bits per heavy atom. The van der Waals surface area contributed by atoms with Crippen LogP contribution in [0.2, 0.25) is 0 Å². The number of nitrogens with zero attached hydrogens (tertiary/aromatic N) is 4. The Kier molecular flexibility index (Phi) is 4.27. The second-order valence-electron chi connectivity index (χ2n) is 6.34. The molecular weight excluding hydrogens is 288 g/mol. The summed E-state index contributed by atoms with van der Waals surface area (Å²) in [6.07, 6.45) is 0.691. The average Bonchev–Trinajstić information content (AvgIpc) is 2.37. The van der Waals surface area contributed by atoms with Crippen molar-refractivity contribution in [1.82, 2.24) is 4.31 Å². The third kappa shape index (κ3) is 3.56. The Bertz CT molecular complexity index is 661. The zero-order chi connectivity index (χ0) is 15.7. The lowest BCUT2D eigenvalue weighted by atomic mass is 9.83. The van der Waals surface area contributed by atoms with E-state index in [1.54, 1.807) is 24.3 Å². The van der Waals surface area contributed by atoms with E-state index in [0.717, 1.165) is 5.56 Å². The molecule has 0 radical (unpaired) electrons. The molecular formula is C14H20N4O2S. The molecule has 1 fully saturated rings. The molecule has 0 unspecified atom stereocenters. The van der Waals surface area contributed by atoms with Crippen LogP contribution in [-0.2, 0) is 10.0 Å². The predicted octanol–water partition coefficient (Wildman–Crippen LogP) is 3.09. The van der Waals surface area contributed by atoms with Crippen LogP contribution < -0.4 is 0 Å². The van der Waals surface area contributed by atoms with Gasteiger partial charge in [-0.15, -0.1) is 0 Å². The van der Waals surface area contributed by atoms with Crippen LogP contribution in [0.15, 0.2) is 34.3 Å². The highest BCUT2D eigenvalue weighted by atomic mass is 32.2. The minimum atomic E-state index is -3.55. The molecule has 0 N–H and O–H groups in total. The lowest BCUT2D eigenvalue weighted by Crippen LogP contribution is -2.48. The van der Waals surface area contributed by atoms with E-state index in [9.17, 15) is 8.42 Å². The van der Waals surface area contributed by atoms with Crippen LogP contribution in [0, 0.1) is 12.3 Å². The van der Waals surface area contributed by atoms with Crippen LogP contribution in [0.3, 0.4) is 0 Å². The summed E-state index contributed by atoms with van der Waals surface area (Å²) in [5, 5.41) is 3.73. The van der Waals surface area contributed by atoms with Gasteiger partial charge in [0.15, 0.2) is 0 Å². The van der Waals surface area contributed by atoms with Gasteiger partial charge >= 0.3 is 0 Å². The maximum atomic E-state index is 12.7. The molecule has 1 aliphatic rings. The van der Waals surface area contributed by atoms with Crippen LogP contribution >= 0.6 is 0 Å². The number of rotatable bonds is 3. The van der Waals surface area contributed by atoms with Gasteiger partial charge in [-0.2, -0.15) is 4.31 Å². The van der Waals surface area contributed by atoms with Crippen molar-refractivity contribution in [3.05, 3.63) is 40.3 Å². The van der Waals surface area contributed by atoms with Gasteiger partial charge in [-0.3, -0.25) is 0 Å². The molecule has 114 valence electrons. The van der Waals surface area contributed by atoms with Gasteiger partial charge in [0.1, 0.15) is 0 Å². The van der Waals surface area contributed by atoms with E-state index in [1.807, 2.05) is 20.8 Å². The maximum Gasteiger partial charge on any atom is 0.243 e. The van der Waals surface area contributed by atoms with Crippen molar-refractivity contribution in [3.8, 4) is 0 Å². The number of hydrogen-bond acceptors (Lipinski definition) is 3. The molecule has 0 aliphatic carbocycles. The van der Waals surface area contributed by atoms with Crippen LogP contribution in [0.4, 0.5) is 0 Å². The van der Waals surface area contributed by atoms with Crippen molar-refractivity contribution < 1.29 is 8.42 Å². The SMILES string of the molecule is Cc1ccc(S(=O)(=O)N2C[C@H](N=[N+]=[N-])CC(C)(C)C2)cc1. The molecule has 1 aliphatic heterocycles. The molecule has 1 aromatic carbocycles. The molecule has 0 amide bonds. The summed E-state index contributed by atoms with van der Waals surface area (Å²) in [5.41, 5.74) is 9.42. The zero-order valence-electron chi connectivity index (χ0n) is 12.5. The van der Waals surface area contributed by atoms with Crippen LogP contribution in [0.25, 0.3) is 10.4 Å². The standard InChI is InChI=1S/C14H20N4O2S/c1-11-4-6-13(7-5-11)21(19,20)18-9-12(16-17-15)8-14(2,3)10-18/h4-7,12H,8-10H2,1-3H3/t12-/m1/s1. The Labute approximate surface area is 125 Å². The van der Waals surface area contributed by atoms with Gasteiger partial charge in [0.2, 0.25) is 10.0 Å². The van der Waals surface area contributed by atoms with Gasteiger partial charge in [0, 0.05) is 18.0 Å². The number of piperidine rings is 1. The average molecular weight is 308 g/mol. The minimum absolute atomic E-state index is 0.213. The van der Waals surface area contributed by atoms with Crippen LogP contribution in [0.5, 0.6) is 0 Å². The third-order valence-corrected chi connectivity index (χ3v) is 5.51. The topological polar surface area (TPSA) is 86.1 Å². The first-order valence-electron chi connectivity index (χ1n) is 6.86. The van der Waals surface area contributed by atoms with Crippen molar-refractivity contribution in [2.24, 2.45) is 10.5 Å². The monoisotopic (exact) mass is 308 g/mol. The van der Waals surface area contributed by atoms with Gasteiger partial charge in [0.25, 0.3) is 0 Å². The first-order valence-corrected chi connectivity index (χ1v) is 8.30. The van der Waals surface area contributed by atoms with Crippen molar-refractivity contribution in [1.29, 1.82) is 0 Å². The highest BCUT2D eigenvalue weighted by Gasteiger charge is 2.38. The fourth-order valence-electron chi connectivity index (χ4n) is 2.74. The Morgan fingerprint density at radius 3 is 2.52 bits per heavy atom. The minimum Gasteiger partial charge on any atom is -0.207 e. The van der Waals surface area contributed by atoms with Crippen molar-refractivity contribution in [3.63, 3.8) is 0 Å². The summed E-state index contributed by atoms with van der Waals surface area (Å²) in [4.78, 5) is 3.11. The second kappa shape index (κ2) is 5.67. The van der Waals surface area contributed by atoms with Gasteiger partial charge in [-0.25, -0.2) is 8.42 Å². The highest BCUT2D eigenvalue weighted by Crippen LogP contribution is 2.33. The summed E-state index contributed by atoms with van der Waals surface area (Å²) >= 11 is 0. The molecule has 6 nitrogen and oxygen atoms in total. The summed E-state index contributed by atoms with van der Waals surface area (Å²) < 4.78 is 26.9. The number of benzene rings is 1. The quantitative estimate of drug-likeness (QED) is 0.488. The van der Waals surface area contributed by atoms with E-state index in [1.165, 1.54) is 4.31 Å². The van der Waals surface area contributed by atoms with E-state index >= 15 is 0 Å². The van der Waals surface area contributed by atoms with Crippen molar-refractivity contribution >= 4 is 10.0 Å². The lowest BCUT2D eigenvalue weighted by molar-refractivity contribution is 0.167. The van der Waals surface area contributed by atoms with Gasteiger partial charge in [-0.05, 0) is 36.4 Å². The number of aryl methyl sites for hydroxylation is 1. The van der Waals surface area contributed by atoms with Gasteiger partial charge in [0.05, 0.1) is 10.9 Å². The zero-order valence-corrected chi connectivity index (χ0v) is 13.3. The van der Waals surface area contributed by atoms with Crippen LogP contribution in [0.1, 0.15) is 25.8 Å². The molecule has 1 saturated heterocycles. The molecule has 0 saturated carbocycles. The summed E-state index contributed by atoms with van der Waals surface area (Å²) in [7, 11) is -3.55. The molecule has 1 aromatic rings. The molecule has 0 bridgehead atoms. The Hall–Kier alpha value is -1.56. The third-order valence-electron chi connectivity index (χ3n) is 3.68. The number of azide groups is 1. The molecule has 0 spiro atoms. The fourth-order valence-corrected chi connectivity index (χ4v) is 4.40. The molecule has 1 atom stereocenters. The van der Waals surface area contributed by atoms with Crippen LogP contribution in [-0.4, -0.2) is 31.9 Å². The lowest BCUT2D eigenvalue weighted by Gasteiger charge is -2.40. The Morgan fingerprint density at radius 2 is 1.95 bits per heavy atom. The summed E-state index contributed by atoms with van der Waals surface area (Å²) in [6, 6.07) is 6.49. The van der Waals surface area contributed by atoms with E-state index in [4.69, 9.17) is 5.53 Å². The predicted molar refractivity (Wildman–Crippen MR) is 81.3 cm³/mol. The second-order valence-corrected chi connectivity index (χ2v) is 8.28. The van der Waals surface area contributed by atoms with Gasteiger partial charge < -0.3 is 0 Å². The van der Waals surface area contributed by atoms with E-state index in [2.05, 4.69) is 10.0 Å². The smallest absolute Gasteiger partial charge is 0.207 e. The fraction of sp³-hybridized carbons (Fsp3) is 0.571.